The van der Waals surface area contributed by atoms with Crippen molar-refractivity contribution >= 4 is 34.3 Å². The summed E-state index contributed by atoms with van der Waals surface area (Å²) in [5.74, 6) is -1.65. The maximum absolute atomic E-state index is 14.2. The van der Waals surface area contributed by atoms with E-state index in [0.717, 1.165) is 17.0 Å². The monoisotopic (exact) mass is 373 g/mol. The quantitative estimate of drug-likeness (QED) is 0.733. The number of nitrogens with two attached hydrogens (primary N) is 1. The lowest BCUT2D eigenvalue weighted by Gasteiger charge is -2.16. The Balaban J connectivity index is 1.86. The average Bonchev–Trinajstić information content (AvgIpc) is 2.91. The topological polar surface area (TPSA) is 77.1 Å². The summed E-state index contributed by atoms with van der Waals surface area (Å²) in [6.07, 6.45) is 0. The first-order valence-corrected chi connectivity index (χ1v) is 8.31. The third-order valence-corrected chi connectivity index (χ3v) is 4.57. The zero-order valence-corrected chi connectivity index (χ0v) is 15.0. The Kier molecular flexibility index (Phi) is 4.70. The molecule has 0 aliphatic rings. The van der Waals surface area contributed by atoms with E-state index in [1.165, 1.54) is 12.1 Å². The van der Waals surface area contributed by atoms with Gasteiger partial charge in [-0.25, -0.2) is 4.39 Å². The average molecular weight is 374 g/mol. The van der Waals surface area contributed by atoms with Gasteiger partial charge in [-0.2, -0.15) is 0 Å². The molecule has 134 valence electrons. The van der Waals surface area contributed by atoms with Gasteiger partial charge >= 0.3 is 0 Å². The molecule has 0 saturated carbocycles. The molecule has 0 saturated heterocycles. The van der Waals surface area contributed by atoms with Crippen LogP contribution in [0.1, 0.15) is 39.4 Å². The molecule has 0 aliphatic carbocycles. The van der Waals surface area contributed by atoms with Crippen LogP contribution in [0.3, 0.4) is 0 Å². The molecule has 0 fully saturated rings. The van der Waals surface area contributed by atoms with Crippen molar-refractivity contribution in [3.63, 3.8) is 0 Å². The lowest BCUT2D eigenvalue weighted by atomic mass is 10.0. The molecule has 3 rings (SSSR count). The summed E-state index contributed by atoms with van der Waals surface area (Å²) in [5, 5.41) is 4.23. The highest BCUT2D eigenvalue weighted by Crippen LogP contribution is 2.24. The second-order valence-corrected chi connectivity index (χ2v) is 6.52. The number of benzene rings is 2. The highest BCUT2D eigenvalue weighted by Gasteiger charge is 2.19. The summed E-state index contributed by atoms with van der Waals surface area (Å²) in [6, 6.07) is 10.5. The molecule has 2 aromatic carbocycles. The van der Waals surface area contributed by atoms with Crippen molar-refractivity contribution in [2.75, 3.05) is 0 Å². The van der Waals surface area contributed by atoms with Crippen LogP contribution in [0.25, 0.3) is 10.9 Å². The molecule has 0 spiro atoms. The van der Waals surface area contributed by atoms with Gasteiger partial charge in [0.1, 0.15) is 11.5 Å². The number of fused-ring (bicyclic) bond motifs is 1. The third kappa shape index (κ3) is 3.28. The number of aryl methyl sites for hydroxylation is 1. The van der Waals surface area contributed by atoms with E-state index >= 15 is 0 Å². The lowest BCUT2D eigenvalue weighted by molar-refractivity contribution is 0.0930. The van der Waals surface area contributed by atoms with E-state index < -0.39 is 17.8 Å². The van der Waals surface area contributed by atoms with Gasteiger partial charge in [0, 0.05) is 34.1 Å². The largest absolute Gasteiger partial charge is 0.366 e. The number of primary amides is 1. The fraction of sp³-hybridized carbons (Fsp3) is 0.158. The molecule has 26 heavy (non-hydrogen) atoms. The maximum Gasteiger partial charge on any atom is 0.268 e. The van der Waals surface area contributed by atoms with Crippen LogP contribution in [0.2, 0.25) is 5.02 Å². The third-order valence-electron chi connectivity index (χ3n) is 4.34. The minimum absolute atomic E-state index is 0.0790. The zero-order chi connectivity index (χ0) is 19.0. The minimum Gasteiger partial charge on any atom is -0.366 e. The number of hydrogen-bond donors (Lipinski definition) is 2. The molecular weight excluding hydrogens is 357 g/mol. The van der Waals surface area contributed by atoms with Gasteiger partial charge in [-0.1, -0.05) is 23.7 Å². The van der Waals surface area contributed by atoms with Crippen molar-refractivity contribution < 1.29 is 14.0 Å². The first-order valence-electron chi connectivity index (χ1n) is 7.93. The molecule has 3 N–H and O–H groups in total. The summed E-state index contributed by atoms with van der Waals surface area (Å²) in [5.41, 5.74) is 6.75. The number of aromatic nitrogens is 1. The Labute approximate surface area is 154 Å². The predicted octanol–water partition coefficient (Wildman–Crippen LogP) is 3.56. The van der Waals surface area contributed by atoms with E-state index in [1.807, 2.05) is 6.07 Å². The number of rotatable bonds is 4. The summed E-state index contributed by atoms with van der Waals surface area (Å²) >= 11 is 6.01. The van der Waals surface area contributed by atoms with E-state index in [0.29, 0.717) is 10.7 Å². The summed E-state index contributed by atoms with van der Waals surface area (Å²) in [7, 11) is 1.76. The molecule has 2 amide bonds. The predicted molar refractivity (Wildman–Crippen MR) is 98.7 cm³/mol. The van der Waals surface area contributed by atoms with Gasteiger partial charge < -0.3 is 15.6 Å². The van der Waals surface area contributed by atoms with Crippen LogP contribution in [-0.4, -0.2) is 16.4 Å². The number of carbonyl (C=O) groups is 2. The second-order valence-electron chi connectivity index (χ2n) is 6.09. The van der Waals surface area contributed by atoms with Gasteiger partial charge in [0.25, 0.3) is 5.91 Å². The molecule has 1 aromatic heterocycles. The van der Waals surface area contributed by atoms with E-state index in [4.69, 9.17) is 17.3 Å². The summed E-state index contributed by atoms with van der Waals surface area (Å²) in [6.45, 7) is 1.67. The van der Waals surface area contributed by atoms with Crippen LogP contribution in [0.4, 0.5) is 4.39 Å². The van der Waals surface area contributed by atoms with Gasteiger partial charge in [0.2, 0.25) is 5.91 Å². The van der Waals surface area contributed by atoms with Crippen LogP contribution < -0.4 is 11.1 Å². The van der Waals surface area contributed by atoms with Crippen molar-refractivity contribution in [1.82, 2.24) is 9.88 Å². The van der Waals surface area contributed by atoms with Gasteiger partial charge in [0.05, 0.1) is 6.04 Å². The van der Waals surface area contributed by atoms with Gasteiger partial charge in [-0.15, -0.1) is 0 Å². The summed E-state index contributed by atoms with van der Waals surface area (Å²) < 4.78 is 16.0. The smallest absolute Gasteiger partial charge is 0.268 e. The van der Waals surface area contributed by atoms with Crippen molar-refractivity contribution in [3.05, 3.63) is 70.1 Å². The zero-order valence-electron chi connectivity index (χ0n) is 14.2. The minimum atomic E-state index is -0.707. The van der Waals surface area contributed by atoms with Crippen LogP contribution in [-0.2, 0) is 7.05 Å². The first kappa shape index (κ1) is 17.9. The second kappa shape index (κ2) is 6.80. The Morgan fingerprint density at radius 3 is 2.58 bits per heavy atom. The maximum atomic E-state index is 14.2. The molecule has 1 heterocycles. The Morgan fingerprint density at radius 1 is 1.19 bits per heavy atom. The Bertz CT molecular complexity index is 1030. The summed E-state index contributed by atoms with van der Waals surface area (Å²) in [4.78, 5) is 23.7. The number of carbonyl (C=O) groups excluding carboxylic acids is 2. The van der Waals surface area contributed by atoms with E-state index in [-0.39, 0.29) is 17.0 Å². The van der Waals surface area contributed by atoms with Gasteiger partial charge in [-0.05, 0) is 37.3 Å². The number of nitrogens with one attached hydrogen (secondary N) is 1. The van der Waals surface area contributed by atoms with Crippen LogP contribution >= 0.6 is 11.6 Å². The number of amides is 2. The SMILES string of the molecule is C[C@@H](NC(=O)c1cc2ccc(Cl)cc2n1C)c1ccc(C(N)=O)cc1F. The standard InChI is InChI=1S/C19H17ClFN3O2/c1-10(14-6-4-12(18(22)25)7-15(14)21)23-19(26)17-8-11-3-5-13(20)9-16(11)24(17)2/h3-10H,1-2H3,(H2,22,25)(H,23,26)/t10-/m1/s1. The van der Waals surface area contributed by atoms with Crippen molar-refractivity contribution in [2.45, 2.75) is 13.0 Å². The number of hydrogen-bond acceptors (Lipinski definition) is 2. The fourth-order valence-electron chi connectivity index (χ4n) is 2.90. The van der Waals surface area contributed by atoms with Crippen molar-refractivity contribution in [2.24, 2.45) is 12.8 Å². The number of halogens is 2. The first-order chi connectivity index (χ1) is 12.3. The van der Waals surface area contributed by atoms with E-state index in [1.54, 1.807) is 36.7 Å². The lowest BCUT2D eigenvalue weighted by Crippen LogP contribution is -2.28. The van der Waals surface area contributed by atoms with Crippen LogP contribution in [0.5, 0.6) is 0 Å². The molecule has 0 radical (unpaired) electrons. The molecule has 7 heteroatoms. The van der Waals surface area contributed by atoms with E-state index in [9.17, 15) is 14.0 Å². The molecule has 3 aromatic rings. The normalized spacial score (nSPS) is 12.2. The fourth-order valence-corrected chi connectivity index (χ4v) is 3.07. The molecule has 0 bridgehead atoms. The molecule has 1 atom stereocenters. The Hall–Kier alpha value is -2.86. The highest BCUT2D eigenvalue weighted by atomic mass is 35.5. The van der Waals surface area contributed by atoms with Crippen LogP contribution in [0.15, 0.2) is 42.5 Å². The molecule has 0 aliphatic heterocycles. The van der Waals surface area contributed by atoms with Crippen LogP contribution in [0, 0.1) is 5.82 Å². The Morgan fingerprint density at radius 2 is 1.92 bits per heavy atom. The molecule has 5 nitrogen and oxygen atoms in total. The molecule has 0 unspecified atom stereocenters. The van der Waals surface area contributed by atoms with Crippen molar-refractivity contribution in [1.29, 1.82) is 0 Å². The van der Waals surface area contributed by atoms with Gasteiger partial charge in [0.15, 0.2) is 0 Å². The highest BCUT2D eigenvalue weighted by molar-refractivity contribution is 6.31. The molecular formula is C19H17ClFN3O2. The van der Waals surface area contributed by atoms with Crippen molar-refractivity contribution in [3.8, 4) is 0 Å². The van der Waals surface area contributed by atoms with E-state index in [2.05, 4.69) is 5.32 Å². The van der Waals surface area contributed by atoms with Gasteiger partial charge in [-0.3, -0.25) is 9.59 Å². The number of nitrogens with zero attached hydrogens (tertiary/aromatic N) is 1.